The van der Waals surface area contributed by atoms with Crippen LogP contribution < -0.4 is 5.73 Å². The van der Waals surface area contributed by atoms with Gasteiger partial charge >= 0.3 is 0 Å². The molecule has 0 aliphatic carbocycles. The molecule has 2 amide bonds. The van der Waals surface area contributed by atoms with Crippen LogP contribution in [0.4, 0.5) is 0 Å². The topological polar surface area (TPSA) is 79.5 Å². The zero-order valence-electron chi connectivity index (χ0n) is 20.4. The number of nitrogens with zero attached hydrogens (tertiary/aromatic N) is 3. The van der Waals surface area contributed by atoms with E-state index in [4.69, 9.17) is 5.73 Å². The number of carbonyl (C=O) groups is 2. The van der Waals surface area contributed by atoms with Crippen LogP contribution in [0.5, 0.6) is 0 Å². The molecule has 4 rings (SSSR count). The fourth-order valence-corrected chi connectivity index (χ4v) is 5.17. The highest BCUT2D eigenvalue weighted by atomic mass is 32.1. The monoisotopic (exact) mass is 488 g/mol. The Labute approximate surface area is 211 Å². The number of thiazole rings is 1. The summed E-state index contributed by atoms with van der Waals surface area (Å²) in [6, 6.07) is 15.4. The van der Waals surface area contributed by atoms with E-state index in [2.05, 4.69) is 15.3 Å². The van der Waals surface area contributed by atoms with Crippen LogP contribution in [0.2, 0.25) is 0 Å². The zero-order valence-corrected chi connectivity index (χ0v) is 21.2. The first kappa shape index (κ1) is 24.8. The van der Waals surface area contributed by atoms with Crippen molar-refractivity contribution in [3.8, 4) is 0 Å². The minimum Gasteiger partial charge on any atom is -0.366 e. The van der Waals surface area contributed by atoms with Gasteiger partial charge in [-0.25, -0.2) is 4.98 Å². The third-order valence-electron chi connectivity index (χ3n) is 6.61. The molecule has 1 fully saturated rings. The lowest BCUT2D eigenvalue weighted by molar-refractivity contribution is 0.0772. The Kier molecular flexibility index (Phi) is 8.10. The lowest BCUT2D eigenvalue weighted by Crippen LogP contribution is -2.30. The van der Waals surface area contributed by atoms with Crippen molar-refractivity contribution in [2.24, 2.45) is 5.73 Å². The Morgan fingerprint density at radius 3 is 1.94 bits per heavy atom. The third-order valence-corrected chi connectivity index (χ3v) is 7.25. The van der Waals surface area contributed by atoms with E-state index in [-0.39, 0.29) is 5.91 Å². The number of nitrogens with two attached hydrogens (primary N) is 1. The molecule has 0 atom stereocenters. The summed E-state index contributed by atoms with van der Waals surface area (Å²) in [5.74, 6) is -0.378. The van der Waals surface area contributed by atoms with Gasteiger partial charge in [0.2, 0.25) is 5.91 Å². The summed E-state index contributed by atoms with van der Waals surface area (Å²) in [4.78, 5) is 33.1. The smallest absolute Gasteiger partial charge is 0.253 e. The lowest BCUT2D eigenvalue weighted by Gasteiger charge is -2.29. The fourth-order valence-electron chi connectivity index (χ4n) is 4.62. The quantitative estimate of drug-likeness (QED) is 0.493. The highest BCUT2D eigenvalue weighted by molar-refractivity contribution is 7.07. The molecule has 2 N–H and O–H groups in total. The van der Waals surface area contributed by atoms with Gasteiger partial charge in [-0.15, -0.1) is 11.3 Å². The summed E-state index contributed by atoms with van der Waals surface area (Å²) >= 11 is 1.63. The molecule has 1 saturated heterocycles. The first-order chi connectivity index (χ1) is 17.0. The van der Waals surface area contributed by atoms with E-state index in [1.807, 2.05) is 60.7 Å². The molecule has 2 heterocycles. The molecule has 6 nitrogen and oxygen atoms in total. The van der Waals surface area contributed by atoms with Crippen LogP contribution in [0.15, 0.2) is 65.0 Å². The fraction of sp³-hybridized carbons (Fsp3) is 0.321. The average molecular weight is 489 g/mol. The van der Waals surface area contributed by atoms with Gasteiger partial charge in [0.1, 0.15) is 0 Å². The molecule has 0 saturated carbocycles. The van der Waals surface area contributed by atoms with Crippen LogP contribution >= 0.6 is 11.3 Å². The maximum absolute atomic E-state index is 12.8. The third kappa shape index (κ3) is 5.86. The summed E-state index contributed by atoms with van der Waals surface area (Å²) in [5, 5.41) is 2.11. The van der Waals surface area contributed by atoms with Crippen LogP contribution in [-0.4, -0.2) is 52.8 Å². The van der Waals surface area contributed by atoms with E-state index in [1.165, 1.54) is 11.1 Å². The number of benzene rings is 2. The molecule has 0 radical (unpaired) electrons. The molecule has 0 spiro atoms. The van der Waals surface area contributed by atoms with Crippen LogP contribution in [0.25, 0.3) is 5.57 Å². The predicted octanol–water partition coefficient (Wildman–Crippen LogP) is 4.82. The Hall–Kier alpha value is -3.29. The minimum absolute atomic E-state index is 0.0527. The van der Waals surface area contributed by atoms with E-state index >= 15 is 0 Å². The second kappa shape index (κ2) is 11.4. The molecular weight excluding hydrogens is 456 g/mol. The molecule has 0 bridgehead atoms. The molecule has 7 heteroatoms. The molecule has 0 unspecified atom stereocenters. The van der Waals surface area contributed by atoms with E-state index < -0.39 is 5.91 Å². The highest BCUT2D eigenvalue weighted by Crippen LogP contribution is 2.33. The number of likely N-dealkylation sites (tertiary alicyclic amines) is 1. The van der Waals surface area contributed by atoms with Gasteiger partial charge in [-0.3, -0.25) is 14.5 Å². The minimum atomic E-state index is -0.430. The molecule has 3 aromatic rings. The largest absolute Gasteiger partial charge is 0.366 e. The average Bonchev–Trinajstić information content (AvgIpc) is 3.40. The number of carbonyl (C=O) groups excluding carboxylic acids is 2. The molecule has 2 aromatic carbocycles. The number of primary amides is 1. The first-order valence-electron chi connectivity index (χ1n) is 12.1. The van der Waals surface area contributed by atoms with Crippen molar-refractivity contribution in [1.29, 1.82) is 0 Å². The predicted molar refractivity (Wildman–Crippen MR) is 141 cm³/mol. The number of aromatic nitrogens is 1. The standard InChI is InChI=1S/C28H32N4O2S/c1-3-32(4-2)28(34)24-11-7-21(8-12-24)26(20-5-9-23(10-6-20)27(29)33)22-13-15-31(16-14-22)17-25-18-35-19-30-25/h5-12,18-19H,3-4,13-17H2,1-2H3,(H2,29,33). The Bertz CT molecular complexity index is 1170. The van der Waals surface area contributed by atoms with Gasteiger partial charge in [0.25, 0.3) is 5.91 Å². The van der Waals surface area contributed by atoms with E-state index in [9.17, 15) is 9.59 Å². The number of amides is 2. The number of hydrogen-bond donors (Lipinski definition) is 1. The van der Waals surface area contributed by atoms with Gasteiger partial charge in [-0.2, -0.15) is 0 Å². The second-order valence-electron chi connectivity index (χ2n) is 8.73. The summed E-state index contributed by atoms with van der Waals surface area (Å²) < 4.78 is 0. The van der Waals surface area contributed by atoms with E-state index in [1.54, 1.807) is 23.5 Å². The van der Waals surface area contributed by atoms with E-state index in [0.717, 1.165) is 49.3 Å². The Morgan fingerprint density at radius 2 is 1.46 bits per heavy atom. The number of hydrogen-bond acceptors (Lipinski definition) is 5. The van der Waals surface area contributed by atoms with Gasteiger partial charge < -0.3 is 10.6 Å². The Balaban J connectivity index is 1.63. The van der Waals surface area contributed by atoms with Gasteiger partial charge in [-0.05, 0) is 67.7 Å². The molecule has 1 aliphatic heterocycles. The zero-order chi connectivity index (χ0) is 24.8. The lowest BCUT2D eigenvalue weighted by atomic mass is 9.87. The molecule has 35 heavy (non-hydrogen) atoms. The van der Waals surface area contributed by atoms with Crippen LogP contribution in [0.1, 0.15) is 64.2 Å². The summed E-state index contributed by atoms with van der Waals surface area (Å²) in [6.45, 7) is 8.18. The van der Waals surface area contributed by atoms with Crippen molar-refractivity contribution in [3.63, 3.8) is 0 Å². The van der Waals surface area contributed by atoms with Crippen molar-refractivity contribution >= 4 is 28.7 Å². The van der Waals surface area contributed by atoms with Crippen LogP contribution in [0.3, 0.4) is 0 Å². The summed E-state index contributed by atoms with van der Waals surface area (Å²) in [6.07, 6.45) is 1.91. The van der Waals surface area contributed by atoms with Crippen molar-refractivity contribution in [2.75, 3.05) is 26.2 Å². The maximum atomic E-state index is 12.8. The van der Waals surface area contributed by atoms with Gasteiger partial charge in [-0.1, -0.05) is 29.8 Å². The number of piperidine rings is 1. The first-order valence-corrected chi connectivity index (χ1v) is 13.1. The van der Waals surface area contributed by atoms with Crippen molar-refractivity contribution < 1.29 is 9.59 Å². The molecule has 182 valence electrons. The van der Waals surface area contributed by atoms with Crippen molar-refractivity contribution in [2.45, 2.75) is 33.2 Å². The van der Waals surface area contributed by atoms with Gasteiger partial charge in [0.05, 0.1) is 11.2 Å². The van der Waals surface area contributed by atoms with Crippen LogP contribution in [0, 0.1) is 0 Å². The van der Waals surface area contributed by atoms with Crippen molar-refractivity contribution in [3.05, 3.63) is 92.9 Å². The highest BCUT2D eigenvalue weighted by Gasteiger charge is 2.20. The van der Waals surface area contributed by atoms with E-state index in [0.29, 0.717) is 24.2 Å². The summed E-state index contributed by atoms with van der Waals surface area (Å²) in [7, 11) is 0. The normalized spacial score (nSPS) is 14.1. The molecule has 1 aliphatic rings. The molecular formula is C28H32N4O2S. The van der Waals surface area contributed by atoms with Crippen LogP contribution in [-0.2, 0) is 6.54 Å². The number of rotatable bonds is 8. The SMILES string of the molecule is CCN(CC)C(=O)c1ccc(C(=C2CCN(Cc3cscn3)CC2)c2ccc(C(N)=O)cc2)cc1. The second-order valence-corrected chi connectivity index (χ2v) is 9.45. The summed E-state index contributed by atoms with van der Waals surface area (Å²) in [5.41, 5.74) is 14.4. The van der Waals surface area contributed by atoms with Gasteiger partial charge in [0.15, 0.2) is 0 Å². The molecule has 1 aromatic heterocycles. The van der Waals surface area contributed by atoms with Gasteiger partial charge in [0, 0.05) is 49.2 Å². The Morgan fingerprint density at radius 1 is 0.914 bits per heavy atom. The van der Waals surface area contributed by atoms with Crippen molar-refractivity contribution in [1.82, 2.24) is 14.8 Å². The maximum Gasteiger partial charge on any atom is 0.253 e.